The molecule has 0 aliphatic heterocycles. The number of rotatable bonds is 4. The summed E-state index contributed by atoms with van der Waals surface area (Å²) < 4.78 is 28.6. The number of aryl methyl sites for hydroxylation is 1. The highest BCUT2D eigenvalue weighted by atomic mass is 35.5. The van der Waals surface area contributed by atoms with E-state index in [0.717, 1.165) is 0 Å². The average Bonchev–Trinajstić information content (AvgIpc) is 2.80. The van der Waals surface area contributed by atoms with Gasteiger partial charge in [-0.1, -0.05) is 23.2 Å². The number of carbonyl (C=O) groups is 1. The van der Waals surface area contributed by atoms with Crippen LogP contribution in [0.5, 0.6) is 5.75 Å². The highest BCUT2D eigenvalue weighted by Crippen LogP contribution is 2.37. The number of aromatic nitrogens is 3. The topological polar surface area (TPSA) is 79.9 Å². The van der Waals surface area contributed by atoms with Crippen molar-refractivity contribution in [1.29, 1.82) is 0 Å². The van der Waals surface area contributed by atoms with Crippen LogP contribution in [0.1, 0.15) is 16.4 Å². The molecule has 0 atom stereocenters. The Bertz CT molecular complexity index is 655. The van der Waals surface area contributed by atoms with E-state index in [1.54, 1.807) is 6.92 Å². The second-order valence-corrected chi connectivity index (χ2v) is 4.66. The van der Waals surface area contributed by atoms with Crippen molar-refractivity contribution in [3.8, 4) is 5.75 Å². The van der Waals surface area contributed by atoms with E-state index >= 15 is 0 Å². The van der Waals surface area contributed by atoms with Crippen LogP contribution in [0.25, 0.3) is 0 Å². The molecule has 10 heteroatoms. The van der Waals surface area contributed by atoms with Gasteiger partial charge in [0, 0.05) is 5.69 Å². The highest BCUT2D eigenvalue weighted by Gasteiger charge is 2.17. The number of carbonyl (C=O) groups excluding carboxylic acids is 1. The molecule has 0 bridgehead atoms. The Hall–Kier alpha value is -1.93. The molecule has 0 spiro atoms. The molecule has 0 aliphatic rings. The Balaban J connectivity index is 2.20. The van der Waals surface area contributed by atoms with Gasteiger partial charge < -0.3 is 10.1 Å². The predicted molar refractivity (Wildman–Crippen MR) is 72.2 cm³/mol. The maximum absolute atomic E-state index is 12.2. The minimum Gasteiger partial charge on any atom is -0.432 e. The number of ether oxygens (including phenoxy) is 1. The van der Waals surface area contributed by atoms with Gasteiger partial charge in [0.25, 0.3) is 5.91 Å². The van der Waals surface area contributed by atoms with E-state index in [1.165, 1.54) is 12.1 Å². The molecule has 2 aromatic rings. The summed E-state index contributed by atoms with van der Waals surface area (Å²) in [6.45, 7) is -1.43. The molecule has 0 fully saturated rings. The lowest BCUT2D eigenvalue weighted by atomic mass is 10.3. The number of hydrogen-bond donors (Lipinski definition) is 2. The van der Waals surface area contributed by atoms with Crippen LogP contribution in [-0.4, -0.2) is 27.7 Å². The number of alkyl halides is 2. The van der Waals surface area contributed by atoms with E-state index in [9.17, 15) is 13.6 Å². The number of H-pyrrole nitrogens is 1. The van der Waals surface area contributed by atoms with Gasteiger partial charge in [-0.25, -0.2) is 4.98 Å². The third-order valence-corrected chi connectivity index (χ3v) is 2.82. The van der Waals surface area contributed by atoms with Gasteiger partial charge in [0.2, 0.25) is 5.82 Å². The highest BCUT2D eigenvalue weighted by molar-refractivity contribution is 6.37. The number of hydrogen-bond acceptors (Lipinski definition) is 4. The first-order valence-corrected chi connectivity index (χ1v) is 6.26. The van der Waals surface area contributed by atoms with Crippen LogP contribution < -0.4 is 10.1 Å². The van der Waals surface area contributed by atoms with Crippen molar-refractivity contribution in [2.75, 3.05) is 5.32 Å². The summed E-state index contributed by atoms with van der Waals surface area (Å²) in [7, 11) is 0. The molecule has 2 rings (SSSR count). The monoisotopic (exact) mass is 336 g/mol. The fourth-order valence-corrected chi connectivity index (χ4v) is 2.04. The first kappa shape index (κ1) is 15.5. The van der Waals surface area contributed by atoms with E-state index in [1.807, 2.05) is 0 Å². The Labute approximate surface area is 127 Å². The van der Waals surface area contributed by atoms with Crippen LogP contribution in [0.2, 0.25) is 10.0 Å². The third kappa shape index (κ3) is 3.79. The lowest BCUT2D eigenvalue weighted by molar-refractivity contribution is -0.0497. The third-order valence-electron chi connectivity index (χ3n) is 2.26. The smallest absolute Gasteiger partial charge is 0.387 e. The van der Waals surface area contributed by atoms with Crippen LogP contribution in [0.15, 0.2) is 12.1 Å². The molecule has 0 saturated carbocycles. The van der Waals surface area contributed by atoms with E-state index in [4.69, 9.17) is 23.2 Å². The van der Waals surface area contributed by atoms with Crippen molar-refractivity contribution in [2.45, 2.75) is 13.5 Å². The van der Waals surface area contributed by atoms with E-state index < -0.39 is 12.5 Å². The van der Waals surface area contributed by atoms with Gasteiger partial charge >= 0.3 is 6.61 Å². The maximum atomic E-state index is 12.2. The molecule has 0 radical (unpaired) electrons. The zero-order chi connectivity index (χ0) is 15.6. The first-order chi connectivity index (χ1) is 9.86. The second kappa shape index (κ2) is 6.23. The van der Waals surface area contributed by atoms with Crippen molar-refractivity contribution in [2.24, 2.45) is 0 Å². The van der Waals surface area contributed by atoms with Gasteiger partial charge in [-0.05, 0) is 19.1 Å². The summed E-state index contributed by atoms with van der Waals surface area (Å²) in [6.07, 6.45) is 0. The average molecular weight is 337 g/mol. The van der Waals surface area contributed by atoms with Crippen LogP contribution >= 0.6 is 23.2 Å². The first-order valence-electron chi connectivity index (χ1n) is 5.51. The summed E-state index contributed by atoms with van der Waals surface area (Å²) in [4.78, 5) is 15.7. The standard InChI is InChI=1S/C11H8Cl2F2N4O2/c1-4-16-9(19-18-4)10(20)17-5-2-6(12)8(7(13)3-5)21-11(14)15/h2-3,11H,1H3,(H,17,20)(H,16,18,19). The van der Waals surface area contributed by atoms with Crippen LogP contribution in [0, 0.1) is 6.92 Å². The normalized spacial score (nSPS) is 10.8. The number of nitrogens with one attached hydrogen (secondary N) is 2. The van der Waals surface area contributed by atoms with Crippen molar-refractivity contribution in [3.05, 3.63) is 33.8 Å². The molecular weight excluding hydrogens is 329 g/mol. The van der Waals surface area contributed by atoms with Gasteiger partial charge in [0.05, 0.1) is 10.0 Å². The zero-order valence-electron chi connectivity index (χ0n) is 10.5. The number of aromatic amines is 1. The van der Waals surface area contributed by atoms with Crippen LogP contribution in [-0.2, 0) is 0 Å². The molecule has 1 aromatic heterocycles. The molecule has 112 valence electrons. The lowest BCUT2D eigenvalue weighted by Crippen LogP contribution is -2.14. The van der Waals surface area contributed by atoms with Gasteiger partial charge in [-0.3, -0.25) is 9.89 Å². The zero-order valence-corrected chi connectivity index (χ0v) is 12.0. The molecule has 0 unspecified atom stereocenters. The van der Waals surface area contributed by atoms with E-state index in [-0.39, 0.29) is 27.3 Å². The Morgan fingerprint density at radius 2 is 2.00 bits per heavy atom. The lowest BCUT2D eigenvalue weighted by Gasteiger charge is -2.11. The summed E-state index contributed by atoms with van der Waals surface area (Å²) in [6, 6.07) is 2.45. The predicted octanol–water partition coefficient (Wildman–Crippen LogP) is 3.27. The molecule has 1 aromatic carbocycles. The maximum Gasteiger partial charge on any atom is 0.387 e. The van der Waals surface area contributed by atoms with E-state index in [2.05, 4.69) is 25.2 Å². The minimum atomic E-state index is -3.06. The summed E-state index contributed by atoms with van der Waals surface area (Å²) in [5.41, 5.74) is 0.194. The number of amides is 1. The molecule has 2 N–H and O–H groups in total. The Morgan fingerprint density at radius 3 is 2.48 bits per heavy atom. The van der Waals surface area contributed by atoms with Crippen LogP contribution in [0.4, 0.5) is 14.5 Å². The van der Waals surface area contributed by atoms with Crippen molar-refractivity contribution < 1.29 is 18.3 Å². The van der Waals surface area contributed by atoms with Crippen molar-refractivity contribution in [1.82, 2.24) is 15.2 Å². The molecule has 21 heavy (non-hydrogen) atoms. The van der Waals surface area contributed by atoms with Gasteiger partial charge in [0.1, 0.15) is 5.82 Å². The second-order valence-electron chi connectivity index (χ2n) is 3.85. The quantitative estimate of drug-likeness (QED) is 0.897. The van der Waals surface area contributed by atoms with Gasteiger partial charge in [-0.15, -0.1) is 5.10 Å². The van der Waals surface area contributed by atoms with Crippen molar-refractivity contribution in [3.63, 3.8) is 0 Å². The summed E-state index contributed by atoms with van der Waals surface area (Å²) in [5, 5.41) is 8.30. The molecule has 6 nitrogen and oxygen atoms in total. The molecule has 0 saturated heterocycles. The number of benzene rings is 1. The van der Waals surface area contributed by atoms with Gasteiger partial charge in [-0.2, -0.15) is 8.78 Å². The summed E-state index contributed by atoms with van der Waals surface area (Å²) in [5.74, 6) is -0.571. The Morgan fingerprint density at radius 1 is 1.38 bits per heavy atom. The summed E-state index contributed by atoms with van der Waals surface area (Å²) >= 11 is 11.6. The molecule has 1 amide bonds. The fraction of sp³-hybridized carbons (Fsp3) is 0.182. The van der Waals surface area contributed by atoms with Crippen molar-refractivity contribution >= 4 is 34.8 Å². The molecule has 1 heterocycles. The SMILES string of the molecule is Cc1nc(C(=O)Nc2cc(Cl)c(OC(F)F)c(Cl)c2)n[nH]1. The van der Waals surface area contributed by atoms with Gasteiger partial charge in [0.15, 0.2) is 5.75 Å². The largest absolute Gasteiger partial charge is 0.432 e. The number of anilines is 1. The Kier molecular flexibility index (Phi) is 4.59. The van der Waals surface area contributed by atoms with E-state index in [0.29, 0.717) is 5.82 Å². The molecular formula is C11H8Cl2F2N4O2. The number of nitrogens with zero attached hydrogens (tertiary/aromatic N) is 2. The van der Waals surface area contributed by atoms with Crippen LogP contribution in [0.3, 0.4) is 0 Å². The number of halogens is 4. The molecule has 0 aliphatic carbocycles. The fourth-order valence-electron chi connectivity index (χ4n) is 1.46. The minimum absolute atomic E-state index is 0.0762.